The first-order valence-corrected chi connectivity index (χ1v) is 4.08. The summed E-state index contributed by atoms with van der Waals surface area (Å²) in [5.41, 5.74) is 0.350. The van der Waals surface area contributed by atoms with Gasteiger partial charge in [-0.05, 0) is 24.3 Å². The molecule has 1 aromatic carbocycles. The van der Waals surface area contributed by atoms with Crippen molar-refractivity contribution in [3.63, 3.8) is 0 Å². The van der Waals surface area contributed by atoms with E-state index < -0.39 is 5.97 Å². The number of carbonyl (C=O) groups is 1. The Morgan fingerprint density at radius 1 is 1.38 bits per heavy atom. The van der Waals surface area contributed by atoms with Gasteiger partial charge in [-0.3, -0.25) is 0 Å². The molecule has 0 atom stereocenters. The minimum absolute atomic E-state index is 0. The van der Waals surface area contributed by atoms with Gasteiger partial charge in [0.2, 0.25) is 0 Å². The van der Waals surface area contributed by atoms with E-state index in [0.29, 0.717) is 5.69 Å². The van der Waals surface area contributed by atoms with Crippen molar-refractivity contribution in [2.45, 2.75) is 0 Å². The number of halogens is 1. The SMILES string of the molecule is O=C(O)c1cnn(-c2ccc(F)cc2)n1.[H-].[Na+]. The molecule has 78 valence electrons. The zero-order valence-corrected chi connectivity index (χ0v) is 10.5. The molecule has 2 rings (SSSR count). The zero-order valence-electron chi connectivity index (χ0n) is 9.46. The van der Waals surface area contributed by atoms with E-state index in [1.165, 1.54) is 24.3 Å². The van der Waals surface area contributed by atoms with Crippen LogP contribution in [0.3, 0.4) is 0 Å². The Bertz CT molecular complexity index is 503. The second-order valence-electron chi connectivity index (χ2n) is 2.80. The molecule has 0 aliphatic rings. The largest absolute Gasteiger partial charge is 1.00 e. The smallest absolute Gasteiger partial charge is 1.00 e. The number of hydrogen-bond donors (Lipinski definition) is 1. The van der Waals surface area contributed by atoms with Crippen molar-refractivity contribution in [3.8, 4) is 5.69 Å². The van der Waals surface area contributed by atoms with Crippen molar-refractivity contribution < 1.29 is 45.3 Å². The molecule has 0 aliphatic carbocycles. The molecule has 2 aromatic rings. The molecule has 1 aromatic heterocycles. The molecule has 0 radical (unpaired) electrons. The standard InChI is InChI=1S/C9H6FN3O2.Na.H/c10-6-1-3-7(4-2-6)13-11-5-8(12-13)9(14)15;;/h1-5H,(H,14,15);;/q;+1;-1. The summed E-state index contributed by atoms with van der Waals surface area (Å²) in [4.78, 5) is 11.7. The molecule has 0 amide bonds. The van der Waals surface area contributed by atoms with Crippen molar-refractivity contribution >= 4 is 5.97 Å². The van der Waals surface area contributed by atoms with Gasteiger partial charge in [-0.1, -0.05) is 0 Å². The van der Waals surface area contributed by atoms with Gasteiger partial charge < -0.3 is 6.53 Å². The van der Waals surface area contributed by atoms with Gasteiger partial charge in [0.25, 0.3) is 0 Å². The molecule has 16 heavy (non-hydrogen) atoms. The minimum Gasteiger partial charge on any atom is -1.00 e. The van der Waals surface area contributed by atoms with E-state index in [1.807, 2.05) is 0 Å². The summed E-state index contributed by atoms with van der Waals surface area (Å²) in [5.74, 6) is -1.52. The molecule has 0 saturated heterocycles. The molecule has 5 nitrogen and oxygen atoms in total. The number of rotatable bonds is 2. The predicted molar refractivity (Wildman–Crippen MR) is 49.4 cm³/mol. The van der Waals surface area contributed by atoms with Gasteiger partial charge in [0.05, 0.1) is 11.9 Å². The van der Waals surface area contributed by atoms with Gasteiger partial charge in [0.15, 0.2) is 5.69 Å². The van der Waals surface area contributed by atoms with Gasteiger partial charge in [-0.2, -0.15) is 9.90 Å². The normalized spacial score (nSPS) is 9.56. The fourth-order valence-electron chi connectivity index (χ4n) is 1.06. The fraction of sp³-hybridized carbons (Fsp3) is 0. The van der Waals surface area contributed by atoms with Gasteiger partial charge in [0.1, 0.15) is 5.82 Å². The number of carboxylic acid groups (broad SMARTS) is 1. The summed E-state index contributed by atoms with van der Waals surface area (Å²) < 4.78 is 12.6. The molecule has 0 bridgehead atoms. The average Bonchev–Trinajstić information content (AvgIpc) is 2.68. The molecular formula is C9H7FN3NaO2. The van der Waals surface area contributed by atoms with Crippen LogP contribution in [0.1, 0.15) is 11.9 Å². The van der Waals surface area contributed by atoms with Crippen molar-refractivity contribution in [1.29, 1.82) is 0 Å². The van der Waals surface area contributed by atoms with Crippen molar-refractivity contribution in [2.24, 2.45) is 0 Å². The van der Waals surface area contributed by atoms with Crippen LogP contribution in [0.15, 0.2) is 30.5 Å². The van der Waals surface area contributed by atoms with Crippen LogP contribution < -0.4 is 29.6 Å². The number of nitrogens with zero attached hydrogens (tertiary/aromatic N) is 3. The summed E-state index contributed by atoms with van der Waals surface area (Å²) in [6, 6.07) is 5.42. The maximum absolute atomic E-state index is 12.6. The first-order valence-electron chi connectivity index (χ1n) is 4.08. The number of aromatic nitrogens is 3. The predicted octanol–water partition coefficient (Wildman–Crippen LogP) is -1.78. The van der Waals surface area contributed by atoms with Gasteiger partial charge in [-0.25, -0.2) is 9.18 Å². The third-order valence-corrected chi connectivity index (χ3v) is 1.77. The Morgan fingerprint density at radius 2 is 2.00 bits per heavy atom. The van der Waals surface area contributed by atoms with Gasteiger partial charge >= 0.3 is 35.5 Å². The van der Waals surface area contributed by atoms with Crippen LogP contribution in [-0.4, -0.2) is 26.1 Å². The summed E-state index contributed by atoms with van der Waals surface area (Å²) in [6.45, 7) is 0. The monoisotopic (exact) mass is 231 g/mol. The molecule has 0 saturated carbocycles. The molecule has 1 heterocycles. The second kappa shape index (κ2) is 5.20. The van der Waals surface area contributed by atoms with Gasteiger partial charge in [0, 0.05) is 0 Å². The summed E-state index contributed by atoms with van der Waals surface area (Å²) in [6.07, 6.45) is 1.13. The number of carboxylic acids is 1. The summed E-state index contributed by atoms with van der Waals surface area (Å²) in [7, 11) is 0. The third-order valence-electron chi connectivity index (χ3n) is 1.77. The minimum atomic E-state index is -1.15. The fourth-order valence-corrected chi connectivity index (χ4v) is 1.06. The van der Waals surface area contributed by atoms with Crippen LogP contribution >= 0.6 is 0 Å². The van der Waals surface area contributed by atoms with E-state index in [1.54, 1.807) is 0 Å². The summed E-state index contributed by atoms with van der Waals surface area (Å²) in [5, 5.41) is 16.0. The maximum atomic E-state index is 12.6. The van der Waals surface area contributed by atoms with E-state index in [2.05, 4.69) is 10.2 Å². The van der Waals surface area contributed by atoms with E-state index in [9.17, 15) is 9.18 Å². The Morgan fingerprint density at radius 3 is 2.50 bits per heavy atom. The third kappa shape index (κ3) is 2.66. The van der Waals surface area contributed by atoms with Crippen LogP contribution in [0.2, 0.25) is 0 Å². The van der Waals surface area contributed by atoms with Crippen LogP contribution in [0.5, 0.6) is 0 Å². The van der Waals surface area contributed by atoms with Crippen molar-refractivity contribution in [3.05, 3.63) is 42.0 Å². The molecule has 0 unspecified atom stereocenters. The second-order valence-corrected chi connectivity index (χ2v) is 2.80. The zero-order chi connectivity index (χ0) is 10.8. The molecular weight excluding hydrogens is 224 g/mol. The van der Waals surface area contributed by atoms with Gasteiger partial charge in [-0.15, -0.1) is 5.10 Å². The Balaban J connectivity index is 0.00000128. The molecule has 0 fully saturated rings. The molecule has 0 spiro atoms. The molecule has 0 aliphatic heterocycles. The average molecular weight is 231 g/mol. The quantitative estimate of drug-likeness (QED) is 0.620. The maximum Gasteiger partial charge on any atom is 1.00 e. The van der Waals surface area contributed by atoms with E-state index in [0.717, 1.165) is 11.0 Å². The van der Waals surface area contributed by atoms with Crippen molar-refractivity contribution in [2.75, 3.05) is 0 Å². The molecule has 7 heteroatoms. The summed E-state index contributed by atoms with van der Waals surface area (Å²) >= 11 is 0. The first kappa shape index (κ1) is 12.8. The van der Waals surface area contributed by atoms with Crippen LogP contribution in [-0.2, 0) is 0 Å². The number of hydrogen-bond acceptors (Lipinski definition) is 3. The van der Waals surface area contributed by atoms with E-state index in [-0.39, 0.29) is 42.5 Å². The van der Waals surface area contributed by atoms with E-state index >= 15 is 0 Å². The number of benzene rings is 1. The Hall–Kier alpha value is -1.24. The molecule has 1 N–H and O–H groups in total. The topological polar surface area (TPSA) is 68.0 Å². The number of aromatic carboxylic acids is 1. The van der Waals surface area contributed by atoms with E-state index in [4.69, 9.17) is 5.11 Å². The van der Waals surface area contributed by atoms with Crippen molar-refractivity contribution in [1.82, 2.24) is 15.0 Å². The Labute approximate surface area is 114 Å². The van der Waals surface area contributed by atoms with Crippen LogP contribution in [0.4, 0.5) is 4.39 Å². The van der Waals surface area contributed by atoms with Crippen LogP contribution in [0.25, 0.3) is 5.69 Å². The first-order chi connectivity index (χ1) is 7.16. The van der Waals surface area contributed by atoms with Crippen LogP contribution in [0, 0.1) is 5.82 Å². The Kier molecular flexibility index (Phi) is 4.17.